The molecule has 2 aromatic rings. The molecule has 3 heteroatoms. The van der Waals surface area contributed by atoms with Gasteiger partial charge in [0.05, 0.1) is 6.04 Å². The van der Waals surface area contributed by atoms with Gasteiger partial charge < -0.3 is 4.57 Å². The average molecular weight is 291 g/mol. The van der Waals surface area contributed by atoms with Gasteiger partial charge in [0, 0.05) is 16.2 Å². The Balaban J connectivity index is 2.52. The molecular formula is C14H13BrNO. The predicted octanol–water partition coefficient (Wildman–Crippen LogP) is 3.40. The summed E-state index contributed by atoms with van der Waals surface area (Å²) in [5.41, 5.74) is 1.55. The summed E-state index contributed by atoms with van der Waals surface area (Å²) in [6, 6.07) is 11.7. The van der Waals surface area contributed by atoms with Crippen LogP contribution in [0.25, 0.3) is 0 Å². The van der Waals surface area contributed by atoms with Crippen LogP contribution in [0.15, 0.2) is 51.9 Å². The van der Waals surface area contributed by atoms with Gasteiger partial charge in [-0.25, -0.2) is 0 Å². The van der Waals surface area contributed by atoms with E-state index in [1.54, 1.807) is 16.8 Å². The highest BCUT2D eigenvalue weighted by atomic mass is 79.9. The first-order valence-electron chi connectivity index (χ1n) is 5.38. The molecule has 0 spiro atoms. The SMILES string of the molecule is [CH2]c1cc(Br)cn([C@H](C)c2ccccc2)c1=O. The number of rotatable bonds is 2. The number of hydrogen-bond donors (Lipinski definition) is 0. The zero-order valence-electron chi connectivity index (χ0n) is 9.56. The Hall–Kier alpha value is -1.35. The minimum absolute atomic E-state index is 0.00157. The van der Waals surface area contributed by atoms with Crippen LogP contribution in [0.5, 0.6) is 0 Å². The Morgan fingerprint density at radius 2 is 1.94 bits per heavy atom. The largest absolute Gasteiger partial charge is 0.307 e. The van der Waals surface area contributed by atoms with E-state index in [1.165, 1.54) is 0 Å². The summed E-state index contributed by atoms with van der Waals surface area (Å²) in [7, 11) is 0. The molecule has 1 aromatic carbocycles. The van der Waals surface area contributed by atoms with Gasteiger partial charge in [0.15, 0.2) is 0 Å². The Kier molecular flexibility index (Phi) is 3.48. The van der Waals surface area contributed by atoms with Crippen molar-refractivity contribution in [3.05, 3.63) is 75.5 Å². The molecule has 1 aromatic heterocycles. The van der Waals surface area contributed by atoms with Crippen LogP contribution in [0.2, 0.25) is 0 Å². The summed E-state index contributed by atoms with van der Waals surface area (Å²) in [5.74, 6) is 0. The fraction of sp³-hybridized carbons (Fsp3) is 0.143. The van der Waals surface area contributed by atoms with Gasteiger partial charge in [-0.2, -0.15) is 0 Å². The van der Waals surface area contributed by atoms with Gasteiger partial charge in [0.2, 0.25) is 0 Å². The molecule has 87 valence electrons. The monoisotopic (exact) mass is 290 g/mol. The smallest absolute Gasteiger partial charge is 0.254 e. The number of nitrogens with zero attached hydrogens (tertiary/aromatic N) is 1. The normalized spacial score (nSPS) is 12.4. The van der Waals surface area contributed by atoms with Gasteiger partial charge >= 0.3 is 0 Å². The Bertz CT molecular complexity index is 575. The van der Waals surface area contributed by atoms with Crippen molar-refractivity contribution >= 4 is 15.9 Å². The van der Waals surface area contributed by atoms with Gasteiger partial charge in [0.1, 0.15) is 0 Å². The second-order valence-electron chi connectivity index (χ2n) is 3.98. The zero-order chi connectivity index (χ0) is 12.4. The maximum Gasteiger partial charge on any atom is 0.254 e. The maximum atomic E-state index is 12.0. The fourth-order valence-corrected chi connectivity index (χ4v) is 2.30. The summed E-state index contributed by atoms with van der Waals surface area (Å²) < 4.78 is 2.56. The molecule has 17 heavy (non-hydrogen) atoms. The third-order valence-electron chi connectivity index (χ3n) is 2.78. The second kappa shape index (κ2) is 4.88. The van der Waals surface area contributed by atoms with E-state index in [-0.39, 0.29) is 11.6 Å². The maximum absolute atomic E-state index is 12.0. The summed E-state index contributed by atoms with van der Waals surface area (Å²) in [5, 5.41) is 0. The van der Waals surface area contributed by atoms with Crippen LogP contribution in [0, 0.1) is 6.92 Å². The summed E-state index contributed by atoms with van der Waals surface area (Å²) in [4.78, 5) is 12.0. The lowest BCUT2D eigenvalue weighted by atomic mass is 10.1. The third-order valence-corrected chi connectivity index (χ3v) is 3.22. The van der Waals surface area contributed by atoms with Crippen LogP contribution in [0.1, 0.15) is 24.1 Å². The van der Waals surface area contributed by atoms with E-state index in [9.17, 15) is 4.79 Å². The van der Waals surface area contributed by atoms with Crippen LogP contribution in [0.4, 0.5) is 0 Å². The van der Waals surface area contributed by atoms with Crippen LogP contribution in [-0.4, -0.2) is 4.57 Å². The van der Waals surface area contributed by atoms with Gasteiger partial charge in [-0.3, -0.25) is 4.79 Å². The molecule has 0 amide bonds. The van der Waals surface area contributed by atoms with E-state index in [4.69, 9.17) is 0 Å². The highest BCUT2D eigenvalue weighted by molar-refractivity contribution is 9.10. The molecule has 0 aliphatic heterocycles. The minimum atomic E-state index is -0.0513. The van der Waals surface area contributed by atoms with E-state index in [2.05, 4.69) is 22.9 Å². The van der Waals surface area contributed by atoms with E-state index in [0.29, 0.717) is 5.56 Å². The first-order valence-corrected chi connectivity index (χ1v) is 6.17. The number of halogens is 1. The first-order chi connectivity index (χ1) is 8.09. The van der Waals surface area contributed by atoms with Crippen LogP contribution < -0.4 is 5.56 Å². The van der Waals surface area contributed by atoms with Crippen LogP contribution >= 0.6 is 15.9 Å². The zero-order valence-corrected chi connectivity index (χ0v) is 11.1. The molecule has 0 aliphatic carbocycles. The van der Waals surface area contributed by atoms with Crippen molar-refractivity contribution in [1.82, 2.24) is 4.57 Å². The molecule has 0 aliphatic rings. The van der Waals surface area contributed by atoms with E-state index in [1.807, 2.05) is 37.3 Å². The van der Waals surface area contributed by atoms with Gasteiger partial charge in [0.25, 0.3) is 5.56 Å². The van der Waals surface area contributed by atoms with Crippen molar-refractivity contribution in [3.8, 4) is 0 Å². The highest BCUT2D eigenvalue weighted by Crippen LogP contribution is 2.18. The minimum Gasteiger partial charge on any atom is -0.307 e. The quantitative estimate of drug-likeness (QED) is 0.831. The topological polar surface area (TPSA) is 22.0 Å². The average Bonchev–Trinajstić information content (AvgIpc) is 2.34. The first kappa shape index (κ1) is 12.1. The van der Waals surface area contributed by atoms with E-state index >= 15 is 0 Å². The highest BCUT2D eigenvalue weighted by Gasteiger charge is 2.10. The van der Waals surface area contributed by atoms with Crippen molar-refractivity contribution in [3.63, 3.8) is 0 Å². The molecular weight excluding hydrogens is 278 g/mol. The van der Waals surface area contributed by atoms with Gasteiger partial charge in [-0.05, 0) is 41.4 Å². The van der Waals surface area contributed by atoms with E-state index < -0.39 is 0 Å². The van der Waals surface area contributed by atoms with E-state index in [0.717, 1.165) is 10.0 Å². The molecule has 0 unspecified atom stereocenters. The van der Waals surface area contributed by atoms with Crippen molar-refractivity contribution in [2.45, 2.75) is 13.0 Å². The predicted molar refractivity (Wildman–Crippen MR) is 73.1 cm³/mol. The number of pyridine rings is 1. The summed E-state index contributed by atoms with van der Waals surface area (Å²) in [6.45, 7) is 5.76. The van der Waals surface area contributed by atoms with Gasteiger partial charge in [-0.15, -0.1) is 0 Å². The molecule has 1 atom stereocenters. The molecule has 1 heterocycles. The van der Waals surface area contributed by atoms with Crippen molar-refractivity contribution in [1.29, 1.82) is 0 Å². The molecule has 0 fully saturated rings. The lowest BCUT2D eigenvalue weighted by Gasteiger charge is -2.16. The standard InChI is InChI=1S/C14H13BrNO/c1-10-8-13(15)9-16(14(10)17)11(2)12-6-4-3-5-7-12/h3-9,11H,1H2,2H3/t11-/m1/s1. The Labute approximate surface area is 109 Å². The third kappa shape index (κ3) is 2.50. The van der Waals surface area contributed by atoms with Gasteiger partial charge in [-0.1, -0.05) is 30.3 Å². The molecule has 0 bridgehead atoms. The molecule has 2 rings (SSSR count). The molecule has 0 N–H and O–H groups in total. The molecule has 0 saturated carbocycles. The van der Waals surface area contributed by atoms with Crippen LogP contribution in [-0.2, 0) is 0 Å². The molecule has 0 saturated heterocycles. The Morgan fingerprint density at radius 3 is 2.59 bits per heavy atom. The van der Waals surface area contributed by atoms with Crippen molar-refractivity contribution in [2.75, 3.05) is 0 Å². The fourth-order valence-electron chi connectivity index (χ4n) is 1.80. The number of hydrogen-bond acceptors (Lipinski definition) is 1. The lowest BCUT2D eigenvalue weighted by Crippen LogP contribution is -2.25. The van der Waals surface area contributed by atoms with Crippen molar-refractivity contribution in [2.24, 2.45) is 0 Å². The van der Waals surface area contributed by atoms with Crippen LogP contribution in [0.3, 0.4) is 0 Å². The number of benzene rings is 1. The molecule has 2 nitrogen and oxygen atoms in total. The number of aromatic nitrogens is 1. The second-order valence-corrected chi connectivity index (χ2v) is 4.90. The molecule has 1 radical (unpaired) electrons. The lowest BCUT2D eigenvalue weighted by molar-refractivity contribution is 0.611. The Morgan fingerprint density at radius 1 is 1.29 bits per heavy atom. The van der Waals surface area contributed by atoms with Crippen molar-refractivity contribution < 1.29 is 0 Å². The summed E-state index contributed by atoms with van der Waals surface area (Å²) >= 11 is 3.39. The summed E-state index contributed by atoms with van der Waals surface area (Å²) in [6.07, 6.45) is 1.80.